The summed E-state index contributed by atoms with van der Waals surface area (Å²) in [6, 6.07) is 9.28. The molecule has 1 fully saturated rings. The first kappa shape index (κ1) is 22.2. The Morgan fingerprint density at radius 2 is 1.80 bits per heavy atom. The zero-order chi connectivity index (χ0) is 21.9. The molecule has 3 rings (SSSR count). The molecular formula is C21H24N2O5S2. The summed E-state index contributed by atoms with van der Waals surface area (Å²) in [5.74, 6) is -0.700. The van der Waals surface area contributed by atoms with E-state index in [0.717, 1.165) is 17.7 Å². The molecule has 2 aromatic rings. The first-order valence-corrected chi connectivity index (χ1v) is 12.2. The van der Waals surface area contributed by atoms with Gasteiger partial charge in [0.15, 0.2) is 0 Å². The lowest BCUT2D eigenvalue weighted by Gasteiger charge is -2.18. The Morgan fingerprint density at radius 3 is 2.43 bits per heavy atom. The summed E-state index contributed by atoms with van der Waals surface area (Å²) in [6.45, 7) is 3.01. The number of thioether (sulfide) groups is 1. The van der Waals surface area contributed by atoms with Gasteiger partial charge in [-0.15, -0.1) is 11.8 Å². The molecule has 1 aliphatic heterocycles. The molecule has 0 spiro atoms. The summed E-state index contributed by atoms with van der Waals surface area (Å²) in [4.78, 5) is 27.3. The fourth-order valence-corrected chi connectivity index (χ4v) is 5.11. The van der Waals surface area contributed by atoms with Gasteiger partial charge in [0, 0.05) is 18.0 Å². The molecule has 2 aromatic carbocycles. The molecular weight excluding hydrogens is 424 g/mol. The van der Waals surface area contributed by atoms with Crippen LogP contribution in [0.25, 0.3) is 0 Å². The van der Waals surface area contributed by atoms with Crippen LogP contribution in [0.3, 0.4) is 0 Å². The number of nitrogens with one attached hydrogen (secondary N) is 1. The molecule has 0 atom stereocenters. The van der Waals surface area contributed by atoms with Crippen LogP contribution in [0.1, 0.15) is 39.1 Å². The van der Waals surface area contributed by atoms with Crippen molar-refractivity contribution in [2.75, 3.05) is 31.2 Å². The van der Waals surface area contributed by atoms with E-state index in [0.29, 0.717) is 24.2 Å². The normalized spacial score (nSPS) is 13.9. The van der Waals surface area contributed by atoms with Crippen LogP contribution in [0.4, 0.5) is 5.69 Å². The molecule has 0 aliphatic carbocycles. The van der Waals surface area contributed by atoms with Gasteiger partial charge in [-0.2, -0.15) is 0 Å². The quantitative estimate of drug-likeness (QED) is 0.537. The highest BCUT2D eigenvalue weighted by Crippen LogP contribution is 2.28. The second-order valence-corrected chi connectivity index (χ2v) is 9.47. The van der Waals surface area contributed by atoms with E-state index in [1.165, 1.54) is 31.0 Å². The van der Waals surface area contributed by atoms with Crippen molar-refractivity contribution in [3.05, 3.63) is 53.1 Å². The summed E-state index contributed by atoms with van der Waals surface area (Å²) in [7, 11) is -2.70. The van der Waals surface area contributed by atoms with Crippen molar-refractivity contribution < 1.29 is 22.7 Å². The number of ether oxygens (including phenoxy) is 1. The van der Waals surface area contributed by atoms with Crippen molar-refractivity contribution in [1.82, 2.24) is 4.90 Å². The Labute approximate surface area is 180 Å². The molecule has 1 N–H and O–H groups in total. The lowest BCUT2D eigenvalue weighted by atomic mass is 10.1. The summed E-state index contributed by atoms with van der Waals surface area (Å²) in [5.41, 5.74) is 1.40. The van der Waals surface area contributed by atoms with Gasteiger partial charge in [-0.05, 0) is 61.9 Å². The van der Waals surface area contributed by atoms with Crippen molar-refractivity contribution in [2.45, 2.75) is 29.6 Å². The third-order valence-corrected chi connectivity index (χ3v) is 7.25. The second-order valence-electron chi connectivity index (χ2n) is 6.94. The molecule has 0 saturated carbocycles. The van der Waals surface area contributed by atoms with E-state index in [1.54, 1.807) is 36.1 Å². The summed E-state index contributed by atoms with van der Waals surface area (Å²) >= 11 is 1.40. The number of rotatable bonds is 6. The van der Waals surface area contributed by atoms with Crippen molar-refractivity contribution in [1.29, 1.82) is 0 Å². The number of carbonyl (C=O) groups is 2. The minimum Gasteiger partial charge on any atom is -0.465 e. The van der Waals surface area contributed by atoms with E-state index in [4.69, 9.17) is 4.74 Å². The smallest absolute Gasteiger partial charge is 0.338 e. The third kappa shape index (κ3) is 4.46. The van der Waals surface area contributed by atoms with Gasteiger partial charge in [-0.25, -0.2) is 13.2 Å². The number of hydrogen-bond donors (Lipinski definition) is 1. The monoisotopic (exact) mass is 448 g/mol. The van der Waals surface area contributed by atoms with Gasteiger partial charge < -0.3 is 9.64 Å². The lowest BCUT2D eigenvalue weighted by Crippen LogP contribution is -2.28. The largest absolute Gasteiger partial charge is 0.465 e. The zero-order valence-corrected chi connectivity index (χ0v) is 18.7. The maximum absolute atomic E-state index is 13.0. The fourth-order valence-electron chi connectivity index (χ4n) is 3.39. The average Bonchev–Trinajstić information content (AvgIpc) is 3.28. The highest BCUT2D eigenvalue weighted by atomic mass is 32.2. The van der Waals surface area contributed by atoms with Crippen molar-refractivity contribution in [3.63, 3.8) is 0 Å². The Morgan fingerprint density at radius 1 is 1.10 bits per heavy atom. The summed E-state index contributed by atoms with van der Waals surface area (Å²) in [5, 5.41) is 0. The van der Waals surface area contributed by atoms with Crippen LogP contribution in [0.15, 0.2) is 46.2 Å². The Bertz CT molecular complexity index is 1080. The van der Waals surface area contributed by atoms with E-state index in [-0.39, 0.29) is 22.1 Å². The number of methoxy groups -OCH3 is 1. The van der Waals surface area contributed by atoms with Crippen LogP contribution in [0.5, 0.6) is 0 Å². The van der Waals surface area contributed by atoms with Crippen LogP contribution in [-0.2, 0) is 14.8 Å². The maximum atomic E-state index is 13.0. The van der Waals surface area contributed by atoms with Gasteiger partial charge in [-0.3, -0.25) is 9.52 Å². The van der Waals surface area contributed by atoms with Gasteiger partial charge in [0.1, 0.15) is 0 Å². The highest BCUT2D eigenvalue weighted by Gasteiger charge is 2.25. The third-order valence-electron chi connectivity index (χ3n) is 5.09. The molecule has 0 bridgehead atoms. The van der Waals surface area contributed by atoms with Crippen molar-refractivity contribution >= 4 is 39.3 Å². The minimum atomic E-state index is -3.97. The first-order valence-electron chi connectivity index (χ1n) is 9.46. The minimum absolute atomic E-state index is 0.00859. The molecule has 0 unspecified atom stereocenters. The van der Waals surface area contributed by atoms with E-state index < -0.39 is 16.0 Å². The maximum Gasteiger partial charge on any atom is 0.338 e. The van der Waals surface area contributed by atoms with Crippen LogP contribution in [0.2, 0.25) is 0 Å². The number of hydrogen-bond acceptors (Lipinski definition) is 6. The molecule has 1 amide bonds. The second kappa shape index (κ2) is 9.09. The molecule has 7 nitrogen and oxygen atoms in total. The molecule has 0 aromatic heterocycles. The zero-order valence-electron chi connectivity index (χ0n) is 17.1. The Hall–Kier alpha value is -2.52. The topological polar surface area (TPSA) is 92.8 Å². The lowest BCUT2D eigenvalue weighted by molar-refractivity contribution is 0.0599. The molecule has 0 radical (unpaired) electrons. The SMILES string of the molecule is COC(=O)c1cccc(NS(=O)(=O)c2ccc(SC)c(C(=O)N3CCCC3)c2)c1C. The van der Waals surface area contributed by atoms with Crippen LogP contribution in [-0.4, -0.2) is 51.6 Å². The van der Waals surface area contributed by atoms with Gasteiger partial charge in [0.25, 0.3) is 15.9 Å². The highest BCUT2D eigenvalue weighted by molar-refractivity contribution is 7.98. The number of benzene rings is 2. The number of carbonyl (C=O) groups excluding carboxylic acids is 2. The van der Waals surface area contributed by atoms with Crippen LogP contribution >= 0.6 is 11.8 Å². The van der Waals surface area contributed by atoms with Crippen LogP contribution < -0.4 is 4.72 Å². The molecule has 1 saturated heterocycles. The van der Waals surface area contributed by atoms with Gasteiger partial charge in [0.2, 0.25) is 0 Å². The number of esters is 1. The number of nitrogens with zero attached hydrogens (tertiary/aromatic N) is 1. The number of sulfonamides is 1. The average molecular weight is 449 g/mol. The molecule has 1 aliphatic rings. The van der Waals surface area contributed by atoms with Crippen molar-refractivity contribution in [2.24, 2.45) is 0 Å². The van der Waals surface area contributed by atoms with E-state index in [1.807, 2.05) is 6.26 Å². The molecule has 1 heterocycles. The molecule has 30 heavy (non-hydrogen) atoms. The number of anilines is 1. The van der Waals surface area contributed by atoms with Crippen LogP contribution in [0, 0.1) is 6.92 Å². The Balaban J connectivity index is 1.96. The standard InChI is InChI=1S/C21H24N2O5S2/c1-14-16(21(25)28-2)7-6-8-18(14)22-30(26,27)15-9-10-19(29-3)17(13-15)20(24)23-11-4-5-12-23/h6-10,13,22H,4-5,11-12H2,1-3H3. The Kier molecular flexibility index (Phi) is 6.72. The fraction of sp³-hybridized carbons (Fsp3) is 0.333. The van der Waals surface area contributed by atoms with E-state index >= 15 is 0 Å². The summed E-state index contributed by atoms with van der Waals surface area (Å²) in [6.07, 6.45) is 3.76. The molecule has 9 heteroatoms. The van der Waals surface area contributed by atoms with Crippen molar-refractivity contribution in [3.8, 4) is 0 Å². The van der Waals surface area contributed by atoms with E-state index in [9.17, 15) is 18.0 Å². The van der Waals surface area contributed by atoms with E-state index in [2.05, 4.69) is 4.72 Å². The number of amides is 1. The predicted octanol–water partition coefficient (Wildman–Crippen LogP) is 3.54. The van der Waals surface area contributed by atoms with Gasteiger partial charge in [-0.1, -0.05) is 6.07 Å². The first-order chi connectivity index (χ1) is 14.3. The number of likely N-dealkylation sites (tertiary alicyclic amines) is 1. The summed E-state index contributed by atoms with van der Waals surface area (Å²) < 4.78 is 33.4. The van der Waals surface area contributed by atoms with Gasteiger partial charge >= 0.3 is 5.97 Å². The van der Waals surface area contributed by atoms with Gasteiger partial charge in [0.05, 0.1) is 28.8 Å². The molecule has 160 valence electrons. The predicted molar refractivity (Wildman–Crippen MR) is 117 cm³/mol.